The fraction of sp³-hybridized carbons (Fsp3) is 0.609. The van der Waals surface area contributed by atoms with Gasteiger partial charge in [0, 0.05) is 32.8 Å². The number of carbonyl (C=O) groups excluding carboxylic acids is 2. The van der Waals surface area contributed by atoms with Crippen LogP contribution in [-0.4, -0.2) is 84.3 Å². The molecule has 0 radical (unpaired) electrons. The van der Waals surface area contributed by atoms with Gasteiger partial charge in [-0.15, -0.1) is 0 Å². The number of hydrogen-bond acceptors (Lipinski definition) is 6. The van der Waals surface area contributed by atoms with Crippen molar-refractivity contribution in [1.82, 2.24) is 14.8 Å². The molecule has 2 heterocycles. The Balaban J connectivity index is 1.96. The molecule has 2 amide bonds. The van der Waals surface area contributed by atoms with Crippen molar-refractivity contribution < 1.29 is 24.2 Å². The van der Waals surface area contributed by atoms with Crippen LogP contribution in [0.2, 0.25) is 0 Å². The molecule has 1 aromatic heterocycles. The molecule has 2 aliphatic rings. The van der Waals surface area contributed by atoms with Gasteiger partial charge in [0.15, 0.2) is 0 Å². The maximum Gasteiger partial charge on any atom is 0.259 e. The summed E-state index contributed by atoms with van der Waals surface area (Å²) in [6, 6.07) is 1.51. The Hall–Kier alpha value is -2.45. The minimum absolute atomic E-state index is 0.00291. The monoisotopic (exact) mass is 431 g/mol. The summed E-state index contributed by atoms with van der Waals surface area (Å²) in [5, 5.41) is 9.75. The Labute approximate surface area is 183 Å². The van der Waals surface area contributed by atoms with E-state index in [-0.39, 0.29) is 49.0 Å². The summed E-state index contributed by atoms with van der Waals surface area (Å²) < 4.78 is 11.2. The number of rotatable bonds is 7. The van der Waals surface area contributed by atoms with Gasteiger partial charge < -0.3 is 24.4 Å². The van der Waals surface area contributed by atoms with Gasteiger partial charge >= 0.3 is 0 Å². The van der Waals surface area contributed by atoms with Crippen LogP contribution in [0.5, 0.6) is 5.88 Å². The van der Waals surface area contributed by atoms with E-state index >= 15 is 0 Å². The largest absolute Gasteiger partial charge is 0.472 e. The van der Waals surface area contributed by atoms with Crippen LogP contribution in [0.1, 0.15) is 49.0 Å². The van der Waals surface area contributed by atoms with Crippen LogP contribution < -0.4 is 4.74 Å². The van der Waals surface area contributed by atoms with Crippen molar-refractivity contribution in [3.8, 4) is 5.88 Å². The number of aromatic nitrogens is 1. The second-order valence-electron chi connectivity index (χ2n) is 8.53. The number of likely N-dealkylation sites (N-methyl/N-ethyl adjacent to an activating group) is 1. The maximum absolute atomic E-state index is 13.4. The van der Waals surface area contributed by atoms with Gasteiger partial charge in [-0.05, 0) is 43.4 Å². The predicted molar refractivity (Wildman–Crippen MR) is 117 cm³/mol. The normalized spacial score (nSPS) is 22.2. The average Bonchev–Trinajstić information content (AvgIpc) is 3.30. The zero-order valence-electron chi connectivity index (χ0n) is 18.8. The van der Waals surface area contributed by atoms with Gasteiger partial charge in [0.25, 0.3) is 5.91 Å². The lowest BCUT2D eigenvalue weighted by molar-refractivity contribution is -0.135. The molecule has 3 rings (SSSR count). The number of allylic oxidation sites excluding steroid dienone is 2. The smallest absolute Gasteiger partial charge is 0.259 e. The van der Waals surface area contributed by atoms with E-state index in [0.717, 1.165) is 24.8 Å². The van der Waals surface area contributed by atoms with E-state index < -0.39 is 0 Å². The topological polar surface area (TPSA) is 92.2 Å². The van der Waals surface area contributed by atoms with Crippen LogP contribution in [0.25, 0.3) is 5.57 Å². The van der Waals surface area contributed by atoms with Gasteiger partial charge in [0.05, 0.1) is 19.2 Å². The van der Waals surface area contributed by atoms with E-state index in [1.54, 1.807) is 23.0 Å². The van der Waals surface area contributed by atoms with E-state index in [4.69, 9.17) is 9.47 Å². The van der Waals surface area contributed by atoms with Crippen LogP contribution in [-0.2, 0) is 9.53 Å². The van der Waals surface area contributed by atoms with Crippen LogP contribution in [0.15, 0.2) is 18.3 Å². The van der Waals surface area contributed by atoms with E-state index in [1.807, 2.05) is 19.9 Å². The summed E-state index contributed by atoms with van der Waals surface area (Å²) in [4.78, 5) is 33.4. The summed E-state index contributed by atoms with van der Waals surface area (Å²) in [5.41, 5.74) is 2.53. The summed E-state index contributed by atoms with van der Waals surface area (Å²) in [6.45, 7) is 4.41. The van der Waals surface area contributed by atoms with E-state index in [2.05, 4.69) is 11.1 Å². The molecule has 0 fully saturated rings. The molecule has 1 aromatic rings. The predicted octanol–water partition coefficient (Wildman–Crippen LogP) is 1.97. The van der Waals surface area contributed by atoms with Gasteiger partial charge in [-0.25, -0.2) is 4.98 Å². The van der Waals surface area contributed by atoms with Gasteiger partial charge in [0.1, 0.15) is 18.3 Å². The zero-order chi connectivity index (χ0) is 22.5. The third kappa shape index (κ3) is 5.25. The van der Waals surface area contributed by atoms with Gasteiger partial charge in [-0.3, -0.25) is 9.59 Å². The summed E-state index contributed by atoms with van der Waals surface area (Å²) in [7, 11) is 3.19. The highest BCUT2D eigenvalue weighted by Gasteiger charge is 2.34. The molecule has 31 heavy (non-hydrogen) atoms. The van der Waals surface area contributed by atoms with E-state index in [9.17, 15) is 14.7 Å². The Morgan fingerprint density at radius 3 is 2.90 bits per heavy atom. The van der Waals surface area contributed by atoms with E-state index in [0.29, 0.717) is 18.7 Å². The molecule has 1 N–H and O–H groups in total. The number of pyridine rings is 1. The zero-order valence-corrected chi connectivity index (χ0v) is 18.8. The summed E-state index contributed by atoms with van der Waals surface area (Å²) in [6.07, 6.45) is 6.69. The second kappa shape index (κ2) is 10.2. The molecular formula is C23H33N3O5. The molecule has 0 saturated carbocycles. The number of ether oxygens (including phenoxy) is 2. The number of aliphatic hydroxyl groups is 1. The number of fused-ring (bicyclic) bond motifs is 1. The molecule has 8 heteroatoms. The molecule has 0 aromatic carbocycles. The fourth-order valence-electron chi connectivity index (χ4n) is 4.03. The third-order valence-electron chi connectivity index (χ3n) is 6.08. The van der Waals surface area contributed by atoms with E-state index in [1.165, 1.54) is 12.7 Å². The first-order valence-corrected chi connectivity index (χ1v) is 10.9. The molecule has 170 valence electrons. The lowest BCUT2D eigenvalue weighted by Crippen LogP contribution is -2.50. The Morgan fingerprint density at radius 2 is 2.26 bits per heavy atom. The van der Waals surface area contributed by atoms with Crippen molar-refractivity contribution in [2.45, 2.75) is 45.3 Å². The minimum atomic E-state index is -0.366. The molecule has 0 saturated heterocycles. The second-order valence-corrected chi connectivity index (χ2v) is 8.53. The Bertz CT molecular complexity index is 841. The number of nitrogens with zero attached hydrogens (tertiary/aromatic N) is 3. The van der Waals surface area contributed by atoms with Crippen molar-refractivity contribution in [3.05, 3.63) is 29.5 Å². The van der Waals surface area contributed by atoms with Crippen molar-refractivity contribution in [1.29, 1.82) is 0 Å². The molecular weight excluding hydrogens is 398 g/mol. The van der Waals surface area contributed by atoms with Crippen LogP contribution in [0, 0.1) is 5.92 Å². The fourth-order valence-corrected chi connectivity index (χ4v) is 4.03. The number of aliphatic hydroxyl groups excluding tert-OH is 1. The van der Waals surface area contributed by atoms with Crippen molar-refractivity contribution in [2.75, 3.05) is 40.5 Å². The molecule has 8 nitrogen and oxygen atoms in total. The molecule has 0 unspecified atom stereocenters. The standard InChI is InChI=1S/C23H33N3O5/c1-15-11-26(16(2)13-27)23(29)19-9-18(17-7-5-6-8-17)10-24-22(19)31-20(15)12-25(3)21(28)14-30-4/h7,9-10,15-16,20,27H,5-6,8,11-14H2,1-4H3/t15-,16-,20+/m1/s1. The highest BCUT2D eigenvalue weighted by molar-refractivity contribution is 5.97. The van der Waals surface area contributed by atoms with Crippen molar-refractivity contribution in [3.63, 3.8) is 0 Å². The lowest BCUT2D eigenvalue weighted by Gasteiger charge is -2.37. The third-order valence-corrected chi connectivity index (χ3v) is 6.08. The van der Waals surface area contributed by atoms with Crippen molar-refractivity contribution in [2.24, 2.45) is 5.92 Å². The summed E-state index contributed by atoms with van der Waals surface area (Å²) in [5.74, 6) is -0.151. The van der Waals surface area contributed by atoms with Crippen LogP contribution in [0.3, 0.4) is 0 Å². The maximum atomic E-state index is 13.4. The van der Waals surface area contributed by atoms with Gasteiger partial charge in [0.2, 0.25) is 11.8 Å². The first-order valence-electron chi connectivity index (χ1n) is 10.9. The van der Waals surface area contributed by atoms with Crippen LogP contribution in [0.4, 0.5) is 0 Å². The van der Waals surface area contributed by atoms with Crippen molar-refractivity contribution >= 4 is 17.4 Å². The number of carbonyl (C=O) groups is 2. The lowest BCUT2D eigenvalue weighted by atomic mass is 9.99. The number of amides is 2. The molecule has 0 bridgehead atoms. The molecule has 0 spiro atoms. The number of methoxy groups -OCH3 is 1. The SMILES string of the molecule is COCC(=O)N(C)C[C@@H]1Oc2ncc(C3=CCCC3)cc2C(=O)N([C@H](C)CO)C[C@H]1C. The minimum Gasteiger partial charge on any atom is -0.472 e. The van der Waals surface area contributed by atoms with Crippen LogP contribution >= 0.6 is 0 Å². The first kappa shape index (κ1) is 23.2. The van der Waals surface area contributed by atoms with Gasteiger partial charge in [-0.1, -0.05) is 13.0 Å². The average molecular weight is 432 g/mol. The molecule has 3 atom stereocenters. The van der Waals surface area contributed by atoms with Gasteiger partial charge in [-0.2, -0.15) is 0 Å². The Kier molecular flexibility index (Phi) is 7.67. The molecule has 1 aliphatic carbocycles. The quantitative estimate of drug-likeness (QED) is 0.710. The molecule has 1 aliphatic heterocycles. The Morgan fingerprint density at radius 1 is 1.48 bits per heavy atom. The highest BCUT2D eigenvalue weighted by Crippen LogP contribution is 2.32. The highest BCUT2D eigenvalue weighted by atomic mass is 16.5. The first-order chi connectivity index (χ1) is 14.8. The number of hydrogen-bond donors (Lipinski definition) is 1. The summed E-state index contributed by atoms with van der Waals surface area (Å²) >= 11 is 0.